The number of rotatable bonds is 6. The lowest BCUT2D eigenvalue weighted by atomic mass is 9.92. The van der Waals surface area contributed by atoms with Crippen molar-refractivity contribution >= 4 is 29.5 Å². The van der Waals surface area contributed by atoms with Gasteiger partial charge in [0.2, 0.25) is 0 Å². The Morgan fingerprint density at radius 3 is 2.45 bits per heavy atom. The average molecular weight is 399 g/mol. The third-order valence-electron chi connectivity index (χ3n) is 4.43. The normalized spacial score (nSPS) is 18.3. The highest BCUT2D eigenvalue weighted by Gasteiger charge is 2.49. The molecule has 0 aliphatic carbocycles. The van der Waals surface area contributed by atoms with Gasteiger partial charge in [0.05, 0.1) is 5.69 Å². The van der Waals surface area contributed by atoms with Crippen LogP contribution in [0.5, 0.6) is 0 Å². The Kier molecular flexibility index (Phi) is 5.58. The zero-order valence-corrected chi connectivity index (χ0v) is 15.5. The number of benzene rings is 2. The second-order valence-corrected chi connectivity index (χ2v) is 6.50. The summed E-state index contributed by atoms with van der Waals surface area (Å²) in [6.45, 7) is 0.197. The maximum atomic E-state index is 13.5. The monoisotopic (exact) mass is 399 g/mol. The largest absolute Gasteiger partial charge is 0.454 e. The lowest BCUT2D eigenvalue weighted by Crippen LogP contribution is -2.41. The van der Waals surface area contributed by atoms with Crippen molar-refractivity contribution < 1.29 is 28.3 Å². The standard InChI is InChI=1S/C20H18FN3O5/c1-20(13-7-3-2-4-8-13)18(27)24(19(28)23-20)11-17(26)29-12-16(25)22-15-10-6-5-9-14(15)21/h2-10H,11-12H2,1H3,(H,22,25)(H,23,28)/t20-/m0/s1. The van der Waals surface area contributed by atoms with Gasteiger partial charge in [-0.1, -0.05) is 42.5 Å². The van der Waals surface area contributed by atoms with E-state index in [1.54, 1.807) is 30.3 Å². The van der Waals surface area contributed by atoms with Crippen LogP contribution in [0.25, 0.3) is 0 Å². The molecule has 2 N–H and O–H groups in total. The second-order valence-electron chi connectivity index (χ2n) is 6.50. The lowest BCUT2D eigenvalue weighted by Gasteiger charge is -2.21. The lowest BCUT2D eigenvalue weighted by molar-refractivity contribution is -0.150. The van der Waals surface area contributed by atoms with Crippen LogP contribution in [0.15, 0.2) is 54.6 Å². The molecule has 4 amide bonds. The predicted octanol–water partition coefficient (Wildman–Crippen LogP) is 1.77. The van der Waals surface area contributed by atoms with Gasteiger partial charge in [0, 0.05) is 0 Å². The van der Waals surface area contributed by atoms with E-state index in [0.717, 1.165) is 4.90 Å². The maximum Gasteiger partial charge on any atom is 0.326 e. The van der Waals surface area contributed by atoms with Gasteiger partial charge in [0.1, 0.15) is 17.9 Å². The fourth-order valence-electron chi connectivity index (χ4n) is 2.88. The van der Waals surface area contributed by atoms with Gasteiger partial charge in [-0.3, -0.25) is 19.3 Å². The van der Waals surface area contributed by atoms with Crippen molar-refractivity contribution in [2.75, 3.05) is 18.5 Å². The topological polar surface area (TPSA) is 105 Å². The summed E-state index contributed by atoms with van der Waals surface area (Å²) >= 11 is 0. The smallest absolute Gasteiger partial charge is 0.326 e. The van der Waals surface area contributed by atoms with Gasteiger partial charge < -0.3 is 15.4 Å². The fraction of sp³-hybridized carbons (Fsp3) is 0.200. The number of amides is 4. The number of hydrogen-bond donors (Lipinski definition) is 2. The van der Waals surface area contributed by atoms with Crippen LogP contribution >= 0.6 is 0 Å². The molecule has 2 aromatic rings. The molecular weight excluding hydrogens is 381 g/mol. The molecule has 0 radical (unpaired) electrons. The van der Waals surface area contributed by atoms with Crippen molar-refractivity contribution in [1.29, 1.82) is 0 Å². The second kappa shape index (κ2) is 8.09. The molecule has 0 spiro atoms. The van der Waals surface area contributed by atoms with E-state index in [0.29, 0.717) is 5.56 Å². The molecule has 8 nitrogen and oxygen atoms in total. The molecule has 0 aromatic heterocycles. The Balaban J connectivity index is 1.56. The Morgan fingerprint density at radius 1 is 1.10 bits per heavy atom. The molecule has 1 heterocycles. The van der Waals surface area contributed by atoms with Crippen LogP contribution < -0.4 is 10.6 Å². The molecule has 1 saturated heterocycles. The minimum Gasteiger partial charge on any atom is -0.454 e. The van der Waals surface area contributed by atoms with Gasteiger partial charge in [-0.15, -0.1) is 0 Å². The number of imide groups is 1. The van der Waals surface area contributed by atoms with Crippen LogP contribution in [0.2, 0.25) is 0 Å². The number of nitrogens with zero attached hydrogens (tertiary/aromatic N) is 1. The van der Waals surface area contributed by atoms with Gasteiger partial charge in [-0.25, -0.2) is 9.18 Å². The van der Waals surface area contributed by atoms with Crippen molar-refractivity contribution in [3.05, 3.63) is 66.0 Å². The summed E-state index contributed by atoms with van der Waals surface area (Å²) in [6, 6.07) is 13.4. The molecule has 29 heavy (non-hydrogen) atoms. The molecule has 3 rings (SSSR count). The van der Waals surface area contributed by atoms with E-state index in [9.17, 15) is 23.6 Å². The molecule has 150 valence electrons. The molecule has 0 bridgehead atoms. The number of urea groups is 1. The summed E-state index contributed by atoms with van der Waals surface area (Å²) in [5, 5.41) is 4.82. The van der Waals surface area contributed by atoms with Crippen molar-refractivity contribution in [3.8, 4) is 0 Å². The fourth-order valence-corrected chi connectivity index (χ4v) is 2.88. The van der Waals surface area contributed by atoms with E-state index in [1.807, 2.05) is 0 Å². The molecular formula is C20H18FN3O5. The minimum atomic E-state index is -1.30. The van der Waals surface area contributed by atoms with Gasteiger partial charge in [0.15, 0.2) is 6.61 Å². The Morgan fingerprint density at radius 2 is 1.76 bits per heavy atom. The number of carbonyl (C=O) groups is 4. The first kappa shape index (κ1) is 20.0. The summed E-state index contributed by atoms with van der Waals surface area (Å²) in [4.78, 5) is 49.4. The molecule has 0 saturated carbocycles. The molecule has 0 unspecified atom stereocenters. The highest BCUT2D eigenvalue weighted by molar-refractivity contribution is 6.09. The first-order valence-electron chi connectivity index (χ1n) is 8.71. The van der Waals surface area contributed by atoms with Crippen molar-refractivity contribution in [2.24, 2.45) is 0 Å². The number of hydrogen-bond acceptors (Lipinski definition) is 5. The predicted molar refractivity (Wildman–Crippen MR) is 100 cm³/mol. The van der Waals surface area contributed by atoms with E-state index < -0.39 is 48.3 Å². The summed E-state index contributed by atoms with van der Waals surface area (Å²) in [5.74, 6) is -2.95. The summed E-state index contributed by atoms with van der Waals surface area (Å²) < 4.78 is 18.3. The quantitative estimate of drug-likeness (QED) is 0.569. The number of carbonyl (C=O) groups excluding carboxylic acids is 4. The van der Waals surface area contributed by atoms with Crippen molar-refractivity contribution in [3.63, 3.8) is 0 Å². The Hall–Kier alpha value is -3.75. The SMILES string of the molecule is C[C@@]1(c2ccccc2)NC(=O)N(CC(=O)OCC(=O)Nc2ccccc2F)C1=O. The molecule has 1 fully saturated rings. The molecule has 2 aromatic carbocycles. The van der Waals surface area contributed by atoms with Crippen molar-refractivity contribution in [1.82, 2.24) is 10.2 Å². The third kappa shape index (κ3) is 4.23. The van der Waals surface area contributed by atoms with Gasteiger partial charge >= 0.3 is 12.0 Å². The summed E-state index contributed by atoms with van der Waals surface area (Å²) in [6.07, 6.45) is 0. The highest BCUT2D eigenvalue weighted by atomic mass is 19.1. The van der Waals surface area contributed by atoms with Crippen LogP contribution in [0.4, 0.5) is 14.9 Å². The summed E-state index contributed by atoms with van der Waals surface area (Å²) in [7, 11) is 0. The first-order valence-corrected chi connectivity index (χ1v) is 8.71. The maximum absolute atomic E-state index is 13.5. The van der Waals surface area contributed by atoms with Crippen LogP contribution in [0.1, 0.15) is 12.5 Å². The average Bonchev–Trinajstić information content (AvgIpc) is 2.93. The van der Waals surface area contributed by atoms with Crippen LogP contribution in [0, 0.1) is 5.82 Å². The van der Waals surface area contributed by atoms with Gasteiger partial charge in [-0.2, -0.15) is 0 Å². The number of nitrogens with one attached hydrogen (secondary N) is 2. The molecule has 9 heteroatoms. The number of halogens is 1. The van der Waals surface area contributed by atoms with Crippen LogP contribution in [0.3, 0.4) is 0 Å². The third-order valence-corrected chi connectivity index (χ3v) is 4.43. The number of anilines is 1. The van der Waals surface area contributed by atoms with Crippen LogP contribution in [-0.4, -0.2) is 41.9 Å². The molecule has 1 aliphatic rings. The first-order chi connectivity index (χ1) is 13.8. The van der Waals surface area contributed by atoms with E-state index in [4.69, 9.17) is 4.74 Å². The zero-order valence-electron chi connectivity index (χ0n) is 15.5. The number of ether oxygens (including phenoxy) is 1. The van der Waals surface area contributed by atoms with E-state index in [-0.39, 0.29) is 5.69 Å². The Bertz CT molecular complexity index is 966. The highest BCUT2D eigenvalue weighted by Crippen LogP contribution is 2.28. The van der Waals surface area contributed by atoms with E-state index in [1.165, 1.54) is 31.2 Å². The van der Waals surface area contributed by atoms with Gasteiger partial charge in [0.25, 0.3) is 11.8 Å². The van der Waals surface area contributed by atoms with Crippen molar-refractivity contribution in [2.45, 2.75) is 12.5 Å². The van der Waals surface area contributed by atoms with E-state index >= 15 is 0 Å². The number of esters is 1. The number of para-hydroxylation sites is 1. The molecule has 1 atom stereocenters. The van der Waals surface area contributed by atoms with E-state index in [2.05, 4.69) is 10.6 Å². The Labute approximate surface area is 165 Å². The van der Waals surface area contributed by atoms with Crippen LogP contribution in [-0.2, 0) is 24.7 Å². The zero-order chi connectivity index (χ0) is 21.0. The minimum absolute atomic E-state index is 0.0544. The summed E-state index contributed by atoms with van der Waals surface area (Å²) in [5.41, 5.74) is -0.791. The molecule has 1 aliphatic heterocycles. The van der Waals surface area contributed by atoms with Gasteiger partial charge in [-0.05, 0) is 24.6 Å².